The van der Waals surface area contributed by atoms with Crippen LogP contribution >= 0.6 is 7.82 Å². The van der Waals surface area contributed by atoms with Gasteiger partial charge in [0.15, 0.2) is 0 Å². The minimum atomic E-state index is -4.81. The number of halogens is 1. The Morgan fingerprint density at radius 3 is 2.25 bits per heavy atom. The van der Waals surface area contributed by atoms with Gasteiger partial charge in [-0.2, -0.15) is 0 Å². The average Bonchev–Trinajstić information content (AvgIpc) is 2.41. The normalized spacial score (nSPS) is 9.25. The molecular weight excluding hydrogens is 201 g/mol. The van der Waals surface area contributed by atoms with Gasteiger partial charge in [0.05, 0.1) is 6.33 Å². The quantitative estimate of drug-likeness (QED) is 0.350. The van der Waals surface area contributed by atoms with Crippen molar-refractivity contribution in [3.05, 3.63) is 18.7 Å². The summed E-state index contributed by atoms with van der Waals surface area (Å²) in [6.07, 6.45) is 5.08. The number of nitrogens with zero attached hydrogens (tertiary/aromatic N) is 1. The summed E-state index contributed by atoms with van der Waals surface area (Å²) in [4.78, 5) is 21.1. The number of H-pyrrole nitrogens is 1. The molecule has 0 atom stereocenters. The van der Waals surface area contributed by atoms with Crippen LogP contribution in [-0.2, 0) is 9.29 Å². The monoisotopic (exact) mass is 208 g/mol. The Hall–Kier alpha value is 0.250. The Balaban J connectivity index is -0.000000134. The van der Waals surface area contributed by atoms with Gasteiger partial charge in [-0.05, 0) is 4.53 Å². The van der Waals surface area contributed by atoms with Crippen LogP contribution in [0, 0.1) is 0 Å². The maximum atomic E-state index is 10.2. The number of hydrogen-bond acceptors (Lipinski definition) is 3. The van der Waals surface area contributed by atoms with Crippen LogP contribution in [0.1, 0.15) is 1.43 Å². The Bertz CT molecular complexity index is 202. The van der Waals surface area contributed by atoms with E-state index in [0.717, 1.165) is 0 Å². The summed E-state index contributed by atoms with van der Waals surface area (Å²) in [6, 6.07) is 0. The summed E-state index contributed by atoms with van der Waals surface area (Å²) < 4.78 is 21.4. The van der Waals surface area contributed by atoms with E-state index in [1.54, 1.807) is 18.7 Å². The first-order valence-electron chi connectivity index (χ1n) is 2.35. The first-order valence-corrected chi connectivity index (χ1v) is 3.88. The number of aromatic nitrogens is 2. The van der Waals surface area contributed by atoms with Gasteiger partial charge in [-0.15, -0.1) is 0 Å². The molecule has 66 valence electrons. The van der Waals surface area contributed by atoms with Crippen molar-refractivity contribution in [1.82, 2.24) is 9.97 Å². The van der Waals surface area contributed by atoms with Crippen LogP contribution in [0.15, 0.2) is 18.7 Å². The minimum Gasteiger partial charge on any atom is -1.00 e. The first kappa shape index (κ1) is 14.8. The molecule has 9 heteroatoms. The van der Waals surface area contributed by atoms with Gasteiger partial charge in [0.2, 0.25) is 0 Å². The molecule has 1 aromatic rings. The van der Waals surface area contributed by atoms with Crippen LogP contribution in [-0.4, -0.2) is 19.8 Å². The smallest absolute Gasteiger partial charge is 1.00 e. The van der Waals surface area contributed by atoms with Gasteiger partial charge >= 0.3 is 37.4 Å². The predicted octanol–water partition coefficient (Wildman–Crippen LogP) is -2.49. The number of aromatic amines is 1. The summed E-state index contributed by atoms with van der Waals surface area (Å²) in [5, 5.41) is 0. The molecule has 0 radical (unpaired) electrons. The van der Waals surface area contributed by atoms with Crippen molar-refractivity contribution in [3.63, 3.8) is 0 Å². The molecule has 0 saturated carbocycles. The third-order valence-corrected chi connectivity index (χ3v) is 0.676. The molecule has 1 heterocycles. The van der Waals surface area contributed by atoms with Crippen molar-refractivity contribution in [2.75, 3.05) is 0 Å². The van der Waals surface area contributed by atoms with Gasteiger partial charge in [-0.25, -0.2) is 9.55 Å². The van der Waals surface area contributed by atoms with E-state index in [9.17, 15) is 4.53 Å². The molecule has 0 fully saturated rings. The summed E-state index contributed by atoms with van der Waals surface area (Å²) in [6.45, 7) is 0. The zero-order valence-electron chi connectivity index (χ0n) is 7.22. The van der Waals surface area contributed by atoms with Gasteiger partial charge in [-0.1, -0.05) is 4.73 Å². The summed E-state index contributed by atoms with van der Waals surface area (Å²) in [5.74, 6) is 0. The molecule has 0 aliphatic heterocycles. The van der Waals surface area contributed by atoms with Gasteiger partial charge in [-0.3, -0.25) is 0 Å². The van der Waals surface area contributed by atoms with Crippen LogP contribution in [0.25, 0.3) is 0 Å². The zero-order valence-corrected chi connectivity index (χ0v) is 9.11. The Labute approximate surface area is 91.1 Å². The minimum absolute atomic E-state index is 0. The second kappa shape index (κ2) is 7.88. The maximum absolute atomic E-state index is 10.2. The van der Waals surface area contributed by atoms with Crippen LogP contribution in [0.4, 0.5) is 4.53 Å². The number of imidazole rings is 1. The van der Waals surface area contributed by atoms with Crippen LogP contribution < -0.4 is 29.6 Å². The molecule has 0 saturated heterocycles. The van der Waals surface area contributed by atoms with E-state index in [0.29, 0.717) is 0 Å². The molecule has 0 aliphatic rings. The maximum Gasteiger partial charge on any atom is 1.00 e. The van der Waals surface area contributed by atoms with E-state index in [4.69, 9.17) is 14.4 Å². The van der Waals surface area contributed by atoms with Crippen molar-refractivity contribution < 1.29 is 54.6 Å². The molecule has 0 unspecified atom stereocenters. The Kier molecular flexibility index (Phi) is 9.69. The number of hydrogen-bond donors (Lipinski definition) is 3. The molecule has 0 spiro atoms. The second-order valence-electron chi connectivity index (χ2n) is 1.32. The van der Waals surface area contributed by atoms with Crippen molar-refractivity contribution in [2.24, 2.45) is 0 Å². The van der Waals surface area contributed by atoms with Crippen molar-refractivity contribution >= 4 is 7.82 Å². The average molecular weight is 208 g/mol. The van der Waals surface area contributed by atoms with Crippen molar-refractivity contribution in [2.45, 2.75) is 0 Å². The topological polar surface area (TPSA) is 95.4 Å². The molecule has 12 heavy (non-hydrogen) atoms. The van der Waals surface area contributed by atoms with Crippen LogP contribution in [0.3, 0.4) is 0 Å². The molecule has 1 rings (SSSR count). The predicted molar refractivity (Wildman–Crippen MR) is 33.9 cm³/mol. The molecule has 1 aromatic heterocycles. The Morgan fingerprint density at radius 1 is 1.67 bits per heavy atom. The van der Waals surface area contributed by atoms with Gasteiger partial charge in [0.25, 0.3) is 0 Å². The molecule has 0 amide bonds. The third kappa shape index (κ3) is 12.9. The van der Waals surface area contributed by atoms with Crippen molar-refractivity contribution in [1.29, 1.82) is 0 Å². The standard InChI is InChI=1S/C3H4N2.FH2O4P.Na.H/c1-2-5-3-4-1;1-5-6(2,3)4;;/h1-3H,(H,4,5);(H2,2,3,4);;/q;;+1;-1. The van der Waals surface area contributed by atoms with Gasteiger partial charge in [0, 0.05) is 12.4 Å². The van der Waals surface area contributed by atoms with Crippen LogP contribution in [0.5, 0.6) is 0 Å². The summed E-state index contributed by atoms with van der Waals surface area (Å²) >= 11 is 0. The molecule has 6 nitrogen and oxygen atoms in total. The molecule has 3 N–H and O–H groups in total. The zero-order chi connectivity index (χ0) is 8.74. The van der Waals surface area contributed by atoms with Gasteiger partial charge < -0.3 is 16.2 Å². The van der Waals surface area contributed by atoms with E-state index in [2.05, 4.69) is 14.7 Å². The number of nitrogens with one attached hydrogen (secondary N) is 1. The van der Waals surface area contributed by atoms with Crippen LogP contribution in [0.2, 0.25) is 0 Å². The van der Waals surface area contributed by atoms with E-state index in [1.165, 1.54) is 0 Å². The van der Waals surface area contributed by atoms with E-state index < -0.39 is 7.82 Å². The molecule has 0 aliphatic carbocycles. The fourth-order valence-electron chi connectivity index (χ4n) is 0.215. The molecule has 0 bridgehead atoms. The number of rotatable bonds is 1. The second-order valence-corrected chi connectivity index (χ2v) is 2.44. The first-order chi connectivity index (χ1) is 5.06. The summed E-state index contributed by atoms with van der Waals surface area (Å²) in [7, 11) is -4.81. The van der Waals surface area contributed by atoms with E-state index in [-0.39, 0.29) is 31.0 Å². The molecular formula is C3H7FN2NaO4P. The SMILES string of the molecule is O=P(O)(O)OF.[H-].[Na+].c1c[nH]cn1. The fraction of sp³-hybridized carbons (Fsp3) is 0. The fourth-order valence-corrected chi connectivity index (χ4v) is 0.215. The molecule has 0 aromatic carbocycles. The van der Waals surface area contributed by atoms with Gasteiger partial charge in [0.1, 0.15) is 0 Å². The van der Waals surface area contributed by atoms with E-state index >= 15 is 0 Å². The summed E-state index contributed by atoms with van der Waals surface area (Å²) in [5.41, 5.74) is 0. The third-order valence-electron chi connectivity index (χ3n) is 0.496. The van der Waals surface area contributed by atoms with E-state index in [1.807, 2.05) is 0 Å². The van der Waals surface area contributed by atoms with Crippen molar-refractivity contribution in [3.8, 4) is 0 Å². The number of phosphoric acid groups is 1. The Morgan fingerprint density at radius 2 is 2.17 bits per heavy atom. The largest absolute Gasteiger partial charge is 1.00 e.